The Balaban J connectivity index is 3.01. The van der Waals surface area contributed by atoms with Crippen LogP contribution in [-0.2, 0) is 14.8 Å². The van der Waals surface area contributed by atoms with E-state index in [2.05, 4.69) is 20.7 Å². The first kappa shape index (κ1) is 14.4. The van der Waals surface area contributed by atoms with Crippen LogP contribution in [0.5, 0.6) is 0 Å². The Hall–Kier alpha value is -0.630. The van der Waals surface area contributed by atoms with Gasteiger partial charge in [0.25, 0.3) is 0 Å². The molecule has 0 spiro atoms. The van der Waals surface area contributed by atoms with E-state index in [1.54, 1.807) is 19.1 Å². The van der Waals surface area contributed by atoms with E-state index in [-0.39, 0.29) is 16.6 Å². The number of hydrogen-bond acceptors (Lipinski definition) is 4. The van der Waals surface area contributed by atoms with Gasteiger partial charge in [-0.25, -0.2) is 13.1 Å². The molecule has 0 aliphatic carbocycles. The van der Waals surface area contributed by atoms with E-state index in [4.69, 9.17) is 10.5 Å². The smallest absolute Gasteiger partial charge is 0.242 e. The summed E-state index contributed by atoms with van der Waals surface area (Å²) in [6.07, 6.45) is 0. The third kappa shape index (κ3) is 3.95. The Morgan fingerprint density at radius 1 is 1.53 bits per heavy atom. The third-order valence-corrected chi connectivity index (χ3v) is 4.18. The molecule has 1 aromatic carbocycles. The summed E-state index contributed by atoms with van der Waals surface area (Å²) < 4.78 is 32.1. The molecule has 0 radical (unpaired) electrons. The molecule has 5 nitrogen and oxygen atoms in total. The van der Waals surface area contributed by atoms with Crippen LogP contribution in [0.4, 0.5) is 5.69 Å². The normalized spacial score (nSPS) is 13.6. The highest BCUT2D eigenvalue weighted by molar-refractivity contribution is 9.10. The Morgan fingerprint density at radius 3 is 2.76 bits per heavy atom. The molecule has 1 rings (SSSR count). The standard InChI is InChI=1S/C10H15BrN2O3S/c1-7(6-16-2)13-17(14,15)10-5-8(11)3-4-9(10)12/h3-5,7,13H,6,12H2,1-2H3. The lowest BCUT2D eigenvalue weighted by Crippen LogP contribution is -2.35. The van der Waals surface area contributed by atoms with Crippen molar-refractivity contribution in [3.63, 3.8) is 0 Å². The van der Waals surface area contributed by atoms with Crippen molar-refractivity contribution in [3.05, 3.63) is 22.7 Å². The lowest BCUT2D eigenvalue weighted by atomic mass is 10.3. The molecule has 7 heteroatoms. The van der Waals surface area contributed by atoms with Gasteiger partial charge in [-0.2, -0.15) is 0 Å². The van der Waals surface area contributed by atoms with E-state index >= 15 is 0 Å². The molecular formula is C10H15BrN2O3S. The number of hydrogen-bond donors (Lipinski definition) is 2. The number of methoxy groups -OCH3 is 1. The molecule has 0 aliphatic heterocycles. The average Bonchev–Trinajstić information content (AvgIpc) is 2.21. The Kier molecular flexibility index (Phi) is 4.93. The van der Waals surface area contributed by atoms with Crippen molar-refractivity contribution in [1.29, 1.82) is 0 Å². The van der Waals surface area contributed by atoms with Crippen LogP contribution in [0, 0.1) is 0 Å². The number of anilines is 1. The van der Waals surface area contributed by atoms with Gasteiger partial charge < -0.3 is 10.5 Å². The summed E-state index contributed by atoms with van der Waals surface area (Å²) in [4.78, 5) is 0.0647. The molecule has 0 fully saturated rings. The largest absolute Gasteiger partial charge is 0.398 e. The first-order valence-electron chi connectivity index (χ1n) is 4.93. The molecule has 0 aliphatic rings. The van der Waals surface area contributed by atoms with Gasteiger partial charge in [-0.15, -0.1) is 0 Å². The van der Waals surface area contributed by atoms with Crippen LogP contribution < -0.4 is 10.5 Å². The summed E-state index contributed by atoms with van der Waals surface area (Å²) in [5.41, 5.74) is 5.87. The van der Waals surface area contributed by atoms with E-state index in [1.165, 1.54) is 13.2 Å². The summed E-state index contributed by atoms with van der Waals surface area (Å²) in [7, 11) is -2.11. The second kappa shape index (κ2) is 5.81. The number of nitrogens with one attached hydrogen (secondary N) is 1. The maximum Gasteiger partial charge on any atom is 0.242 e. The molecule has 96 valence electrons. The highest BCUT2D eigenvalue weighted by atomic mass is 79.9. The molecule has 1 unspecified atom stereocenters. The Morgan fingerprint density at radius 2 is 2.18 bits per heavy atom. The minimum absolute atomic E-state index is 0.0647. The molecule has 1 aromatic rings. The van der Waals surface area contributed by atoms with Crippen LogP contribution in [0.15, 0.2) is 27.6 Å². The molecule has 0 aromatic heterocycles. The molecule has 0 bridgehead atoms. The van der Waals surface area contributed by atoms with Crippen LogP contribution in [0.3, 0.4) is 0 Å². The van der Waals surface area contributed by atoms with Crippen molar-refractivity contribution in [1.82, 2.24) is 4.72 Å². The fourth-order valence-corrected chi connectivity index (χ4v) is 3.25. The predicted molar refractivity (Wildman–Crippen MR) is 70.2 cm³/mol. The Bertz CT molecular complexity index is 490. The predicted octanol–water partition coefficient (Wildman–Crippen LogP) is 1.34. The zero-order valence-corrected chi connectivity index (χ0v) is 12.0. The molecule has 0 heterocycles. The van der Waals surface area contributed by atoms with Crippen molar-refractivity contribution >= 4 is 31.6 Å². The number of nitrogen functional groups attached to an aromatic ring is 1. The first-order chi connectivity index (χ1) is 7.86. The van der Waals surface area contributed by atoms with Gasteiger partial charge >= 0.3 is 0 Å². The number of benzene rings is 1. The lowest BCUT2D eigenvalue weighted by Gasteiger charge is -2.14. The van der Waals surface area contributed by atoms with Gasteiger partial charge in [-0.05, 0) is 25.1 Å². The summed E-state index contributed by atoms with van der Waals surface area (Å²) in [5.74, 6) is 0. The fraction of sp³-hybridized carbons (Fsp3) is 0.400. The van der Waals surface area contributed by atoms with Crippen LogP contribution >= 0.6 is 15.9 Å². The number of nitrogens with two attached hydrogens (primary N) is 1. The zero-order chi connectivity index (χ0) is 13.1. The minimum atomic E-state index is -3.62. The highest BCUT2D eigenvalue weighted by Gasteiger charge is 2.20. The van der Waals surface area contributed by atoms with Crippen LogP contribution in [0.25, 0.3) is 0 Å². The highest BCUT2D eigenvalue weighted by Crippen LogP contribution is 2.22. The zero-order valence-electron chi connectivity index (χ0n) is 9.60. The van der Waals surface area contributed by atoms with Crippen molar-refractivity contribution < 1.29 is 13.2 Å². The summed E-state index contributed by atoms with van der Waals surface area (Å²) >= 11 is 3.21. The third-order valence-electron chi connectivity index (χ3n) is 2.04. The first-order valence-corrected chi connectivity index (χ1v) is 7.20. The Labute approximate surface area is 110 Å². The van der Waals surface area contributed by atoms with Gasteiger partial charge in [-0.1, -0.05) is 15.9 Å². The molecule has 0 saturated carbocycles. The quantitative estimate of drug-likeness (QED) is 0.802. The summed E-state index contributed by atoms with van der Waals surface area (Å²) in [6.45, 7) is 2.02. The number of ether oxygens (including phenoxy) is 1. The molecule has 17 heavy (non-hydrogen) atoms. The van der Waals surface area contributed by atoms with Crippen LogP contribution in [-0.4, -0.2) is 28.2 Å². The summed E-state index contributed by atoms with van der Waals surface area (Å²) in [5, 5.41) is 0. The van der Waals surface area contributed by atoms with Gasteiger partial charge in [-0.3, -0.25) is 0 Å². The number of rotatable bonds is 5. The second-order valence-electron chi connectivity index (χ2n) is 3.66. The second-order valence-corrected chi connectivity index (χ2v) is 6.26. The molecular weight excluding hydrogens is 308 g/mol. The number of halogens is 1. The van der Waals surface area contributed by atoms with E-state index in [1.807, 2.05) is 0 Å². The van der Waals surface area contributed by atoms with Gasteiger partial charge in [0.05, 0.1) is 12.3 Å². The maximum absolute atomic E-state index is 12.0. The van der Waals surface area contributed by atoms with Crippen LogP contribution in [0.1, 0.15) is 6.92 Å². The van der Waals surface area contributed by atoms with E-state index in [0.29, 0.717) is 11.1 Å². The molecule has 1 atom stereocenters. The number of sulfonamides is 1. The van der Waals surface area contributed by atoms with Crippen LogP contribution in [0.2, 0.25) is 0 Å². The lowest BCUT2D eigenvalue weighted by molar-refractivity contribution is 0.180. The van der Waals surface area contributed by atoms with Crippen molar-refractivity contribution in [2.45, 2.75) is 17.9 Å². The molecule has 0 saturated heterocycles. The van der Waals surface area contributed by atoms with Gasteiger partial charge in [0.15, 0.2) is 0 Å². The van der Waals surface area contributed by atoms with Gasteiger partial charge in [0, 0.05) is 17.6 Å². The maximum atomic E-state index is 12.0. The van der Waals surface area contributed by atoms with Gasteiger partial charge in [0.2, 0.25) is 10.0 Å². The van der Waals surface area contributed by atoms with E-state index in [0.717, 1.165) is 0 Å². The van der Waals surface area contributed by atoms with Crippen molar-refractivity contribution in [3.8, 4) is 0 Å². The summed E-state index contributed by atoms with van der Waals surface area (Å²) in [6, 6.07) is 4.38. The van der Waals surface area contributed by atoms with Crippen molar-refractivity contribution in [2.24, 2.45) is 0 Å². The van der Waals surface area contributed by atoms with Gasteiger partial charge in [0.1, 0.15) is 4.90 Å². The monoisotopic (exact) mass is 322 g/mol. The SMILES string of the molecule is COCC(C)NS(=O)(=O)c1cc(Br)ccc1N. The van der Waals surface area contributed by atoms with Crippen molar-refractivity contribution in [2.75, 3.05) is 19.5 Å². The fourth-order valence-electron chi connectivity index (χ4n) is 1.35. The van der Waals surface area contributed by atoms with E-state index < -0.39 is 10.0 Å². The molecule has 0 amide bonds. The topological polar surface area (TPSA) is 81.4 Å². The molecule has 3 N–H and O–H groups in total. The average molecular weight is 323 g/mol. The minimum Gasteiger partial charge on any atom is -0.398 e. The van der Waals surface area contributed by atoms with E-state index in [9.17, 15) is 8.42 Å².